The molecule has 2 rings (SSSR count). The Morgan fingerprint density at radius 2 is 1.71 bits per heavy atom. The van der Waals surface area contributed by atoms with E-state index in [0.717, 1.165) is 17.7 Å². The lowest BCUT2D eigenvalue weighted by molar-refractivity contribution is -0.135. The Kier molecular flexibility index (Phi) is 7.61. The van der Waals surface area contributed by atoms with E-state index in [-0.39, 0.29) is 24.8 Å². The molecular formula is C21H23F3N2O2. The quantitative estimate of drug-likeness (QED) is 0.674. The van der Waals surface area contributed by atoms with E-state index in [9.17, 15) is 22.8 Å². The van der Waals surface area contributed by atoms with Gasteiger partial charge < -0.3 is 10.2 Å². The number of carbonyl (C=O) groups excluding carboxylic acids is 2. The molecule has 0 radical (unpaired) electrons. The fourth-order valence-corrected chi connectivity index (χ4v) is 2.84. The van der Waals surface area contributed by atoms with Gasteiger partial charge in [-0.05, 0) is 30.0 Å². The summed E-state index contributed by atoms with van der Waals surface area (Å²) in [6.45, 7) is 3.85. The summed E-state index contributed by atoms with van der Waals surface area (Å²) >= 11 is 0. The number of hydrogen-bond donors (Lipinski definition) is 1. The van der Waals surface area contributed by atoms with Crippen LogP contribution in [0.1, 0.15) is 38.2 Å². The van der Waals surface area contributed by atoms with Gasteiger partial charge in [0.25, 0.3) is 0 Å². The monoisotopic (exact) mass is 392 g/mol. The molecule has 0 aliphatic heterocycles. The van der Waals surface area contributed by atoms with Crippen molar-refractivity contribution in [1.82, 2.24) is 4.90 Å². The van der Waals surface area contributed by atoms with Crippen LogP contribution >= 0.6 is 0 Å². The van der Waals surface area contributed by atoms with Crippen LogP contribution in [0.25, 0.3) is 0 Å². The summed E-state index contributed by atoms with van der Waals surface area (Å²) < 4.78 is 40.0. The van der Waals surface area contributed by atoms with Gasteiger partial charge in [-0.15, -0.1) is 0 Å². The molecule has 0 aromatic heterocycles. The van der Waals surface area contributed by atoms with E-state index >= 15 is 0 Å². The Hall–Kier alpha value is -2.83. The molecule has 0 saturated carbocycles. The van der Waals surface area contributed by atoms with Gasteiger partial charge >= 0.3 is 0 Å². The fourth-order valence-electron chi connectivity index (χ4n) is 2.84. The van der Waals surface area contributed by atoms with Crippen molar-refractivity contribution in [3.63, 3.8) is 0 Å². The SMILES string of the molecule is CCCN(CC(=O)Nc1ccc(F)c(F)c1F)C(=O)CC(C)c1ccccc1. The number of nitrogens with one attached hydrogen (secondary N) is 1. The Labute approximate surface area is 162 Å². The lowest BCUT2D eigenvalue weighted by Crippen LogP contribution is -2.39. The van der Waals surface area contributed by atoms with E-state index < -0.39 is 29.0 Å². The second kappa shape index (κ2) is 9.92. The van der Waals surface area contributed by atoms with Crippen molar-refractivity contribution in [1.29, 1.82) is 0 Å². The average Bonchev–Trinajstić information content (AvgIpc) is 2.68. The van der Waals surface area contributed by atoms with Crippen molar-refractivity contribution in [3.8, 4) is 0 Å². The van der Waals surface area contributed by atoms with Crippen molar-refractivity contribution in [3.05, 3.63) is 65.5 Å². The second-order valence-electron chi connectivity index (χ2n) is 6.60. The molecule has 0 heterocycles. The Morgan fingerprint density at radius 1 is 1.04 bits per heavy atom. The largest absolute Gasteiger partial charge is 0.333 e. The normalized spacial score (nSPS) is 11.8. The first-order valence-electron chi connectivity index (χ1n) is 9.09. The maximum absolute atomic E-state index is 13.7. The molecule has 0 fully saturated rings. The molecule has 0 spiro atoms. The standard InChI is InChI=1S/C21H23F3N2O2/c1-3-11-26(19(28)12-14(2)15-7-5-4-6-8-15)13-18(27)25-17-10-9-16(22)20(23)21(17)24/h4-10,14H,3,11-13H2,1-2H3,(H,25,27). The maximum Gasteiger partial charge on any atom is 0.244 e. The number of anilines is 1. The van der Waals surface area contributed by atoms with Crippen LogP contribution in [0, 0.1) is 17.5 Å². The van der Waals surface area contributed by atoms with Crippen molar-refractivity contribution in [2.45, 2.75) is 32.6 Å². The highest BCUT2D eigenvalue weighted by atomic mass is 19.2. The second-order valence-corrected chi connectivity index (χ2v) is 6.60. The van der Waals surface area contributed by atoms with Crippen LogP contribution in [0.3, 0.4) is 0 Å². The van der Waals surface area contributed by atoms with Gasteiger partial charge in [-0.25, -0.2) is 13.2 Å². The van der Waals surface area contributed by atoms with Gasteiger partial charge in [0.15, 0.2) is 17.5 Å². The van der Waals surface area contributed by atoms with Crippen molar-refractivity contribution >= 4 is 17.5 Å². The first kappa shape index (κ1) is 21.5. The number of halogens is 3. The van der Waals surface area contributed by atoms with Gasteiger partial charge in [0.05, 0.1) is 12.2 Å². The molecule has 7 heteroatoms. The zero-order valence-corrected chi connectivity index (χ0v) is 15.8. The molecule has 0 bridgehead atoms. The van der Waals surface area contributed by atoms with Crippen LogP contribution in [0.15, 0.2) is 42.5 Å². The van der Waals surface area contributed by atoms with Crippen LogP contribution in [0.4, 0.5) is 18.9 Å². The van der Waals surface area contributed by atoms with E-state index in [1.165, 1.54) is 4.90 Å². The molecule has 1 unspecified atom stereocenters. The van der Waals surface area contributed by atoms with E-state index in [1.54, 1.807) is 0 Å². The third-order valence-corrected chi connectivity index (χ3v) is 4.34. The molecular weight excluding hydrogens is 369 g/mol. The number of amides is 2. The molecule has 150 valence electrons. The molecule has 2 aromatic carbocycles. The Morgan fingerprint density at radius 3 is 2.36 bits per heavy atom. The van der Waals surface area contributed by atoms with Gasteiger partial charge in [0.2, 0.25) is 11.8 Å². The number of rotatable bonds is 8. The zero-order valence-electron chi connectivity index (χ0n) is 15.8. The molecule has 2 amide bonds. The van der Waals surface area contributed by atoms with Crippen LogP contribution < -0.4 is 5.32 Å². The van der Waals surface area contributed by atoms with E-state index in [2.05, 4.69) is 5.32 Å². The molecule has 0 aliphatic rings. The van der Waals surface area contributed by atoms with Gasteiger partial charge in [-0.3, -0.25) is 9.59 Å². The number of carbonyl (C=O) groups is 2. The lowest BCUT2D eigenvalue weighted by Gasteiger charge is -2.23. The van der Waals surface area contributed by atoms with Gasteiger partial charge in [0, 0.05) is 13.0 Å². The molecule has 0 saturated heterocycles. The first-order valence-corrected chi connectivity index (χ1v) is 9.09. The summed E-state index contributed by atoms with van der Waals surface area (Å²) in [5.74, 6) is -5.39. The Bertz CT molecular complexity index is 828. The summed E-state index contributed by atoms with van der Waals surface area (Å²) in [4.78, 5) is 26.2. The van der Waals surface area contributed by atoms with Crippen LogP contribution in [0.5, 0.6) is 0 Å². The topological polar surface area (TPSA) is 49.4 Å². The number of nitrogens with zero attached hydrogens (tertiary/aromatic N) is 1. The fraction of sp³-hybridized carbons (Fsp3) is 0.333. The van der Waals surface area contributed by atoms with Crippen molar-refractivity contribution < 1.29 is 22.8 Å². The first-order chi connectivity index (χ1) is 13.3. The van der Waals surface area contributed by atoms with Crippen molar-refractivity contribution in [2.24, 2.45) is 0 Å². The average molecular weight is 392 g/mol. The minimum atomic E-state index is -1.66. The third-order valence-electron chi connectivity index (χ3n) is 4.34. The highest BCUT2D eigenvalue weighted by Gasteiger charge is 2.21. The maximum atomic E-state index is 13.7. The summed E-state index contributed by atoms with van der Waals surface area (Å²) in [6.07, 6.45) is 0.856. The van der Waals surface area contributed by atoms with E-state index in [4.69, 9.17) is 0 Å². The predicted octanol–water partition coefficient (Wildman–Crippen LogP) is 4.47. The van der Waals surface area contributed by atoms with Crippen LogP contribution in [0.2, 0.25) is 0 Å². The minimum Gasteiger partial charge on any atom is -0.333 e. The summed E-state index contributed by atoms with van der Waals surface area (Å²) in [5.41, 5.74) is 0.547. The molecule has 2 aromatic rings. The van der Waals surface area contributed by atoms with E-state index in [1.807, 2.05) is 44.2 Å². The van der Waals surface area contributed by atoms with Crippen LogP contribution in [-0.4, -0.2) is 29.8 Å². The summed E-state index contributed by atoms with van der Waals surface area (Å²) in [6, 6.07) is 11.2. The minimum absolute atomic E-state index is 0.0280. The third kappa shape index (κ3) is 5.58. The summed E-state index contributed by atoms with van der Waals surface area (Å²) in [7, 11) is 0. The van der Waals surface area contributed by atoms with Crippen molar-refractivity contribution in [2.75, 3.05) is 18.4 Å². The summed E-state index contributed by atoms with van der Waals surface area (Å²) in [5, 5.41) is 2.19. The smallest absolute Gasteiger partial charge is 0.244 e. The Balaban J connectivity index is 2.02. The van der Waals surface area contributed by atoms with Gasteiger partial charge in [-0.2, -0.15) is 0 Å². The molecule has 1 atom stereocenters. The lowest BCUT2D eigenvalue weighted by atomic mass is 9.97. The number of benzene rings is 2. The molecule has 28 heavy (non-hydrogen) atoms. The van der Waals surface area contributed by atoms with Gasteiger partial charge in [0.1, 0.15) is 0 Å². The predicted molar refractivity (Wildman–Crippen MR) is 101 cm³/mol. The molecule has 0 aliphatic carbocycles. The zero-order chi connectivity index (χ0) is 20.7. The molecule has 4 nitrogen and oxygen atoms in total. The highest BCUT2D eigenvalue weighted by Crippen LogP contribution is 2.21. The van der Waals surface area contributed by atoms with Crippen LogP contribution in [-0.2, 0) is 9.59 Å². The highest BCUT2D eigenvalue weighted by molar-refractivity contribution is 5.94. The van der Waals surface area contributed by atoms with E-state index in [0.29, 0.717) is 13.0 Å². The number of hydrogen-bond acceptors (Lipinski definition) is 2. The van der Waals surface area contributed by atoms with Gasteiger partial charge in [-0.1, -0.05) is 44.2 Å². The molecule has 1 N–H and O–H groups in total.